The molecule has 0 bridgehead atoms. The van der Waals surface area contributed by atoms with Crippen LogP contribution in [0.25, 0.3) is 0 Å². The molecule has 1 fully saturated rings. The summed E-state index contributed by atoms with van der Waals surface area (Å²) in [5.41, 5.74) is 1.05. The summed E-state index contributed by atoms with van der Waals surface area (Å²) in [4.78, 5) is 2.32. The minimum Gasteiger partial charge on any atom is -0.493 e. The lowest BCUT2D eigenvalue weighted by molar-refractivity contribution is 0.156. The SMILES string of the molecule is COc1cc(Br)c([C@H](CCF)N2CCNCC2)cc1OC.Cl. The number of hydrogen-bond acceptors (Lipinski definition) is 4. The summed E-state index contributed by atoms with van der Waals surface area (Å²) in [6.07, 6.45) is 0.480. The highest BCUT2D eigenvalue weighted by molar-refractivity contribution is 9.10. The molecular weight excluding hydrogens is 375 g/mol. The smallest absolute Gasteiger partial charge is 0.161 e. The average Bonchev–Trinajstić information content (AvgIpc) is 2.53. The van der Waals surface area contributed by atoms with Crippen LogP contribution in [0, 0.1) is 0 Å². The third kappa shape index (κ3) is 4.47. The zero-order valence-electron chi connectivity index (χ0n) is 12.9. The number of nitrogens with one attached hydrogen (secondary N) is 1. The molecule has 4 nitrogen and oxygen atoms in total. The number of nitrogens with zero attached hydrogens (tertiary/aromatic N) is 1. The van der Waals surface area contributed by atoms with Gasteiger partial charge in [0, 0.05) is 36.7 Å². The standard InChI is InChI=1S/C15H22BrFN2O2.ClH/c1-20-14-9-11(12(16)10-15(14)21-2)13(3-4-17)19-7-5-18-6-8-19;/h9-10,13,18H,3-8H2,1-2H3;1H/t13-;/m0./s1. The molecule has 0 radical (unpaired) electrons. The van der Waals surface area contributed by atoms with E-state index in [9.17, 15) is 4.39 Å². The van der Waals surface area contributed by atoms with Gasteiger partial charge in [0.25, 0.3) is 0 Å². The molecule has 0 aliphatic carbocycles. The maximum atomic E-state index is 13.0. The van der Waals surface area contributed by atoms with E-state index in [0.29, 0.717) is 17.9 Å². The second-order valence-corrected chi connectivity index (χ2v) is 5.86. The largest absolute Gasteiger partial charge is 0.493 e. The highest BCUT2D eigenvalue weighted by atomic mass is 79.9. The second-order valence-electron chi connectivity index (χ2n) is 5.01. The molecule has 1 atom stereocenters. The van der Waals surface area contributed by atoms with Gasteiger partial charge in [-0.1, -0.05) is 15.9 Å². The van der Waals surface area contributed by atoms with Crippen LogP contribution < -0.4 is 14.8 Å². The van der Waals surface area contributed by atoms with Crippen molar-refractivity contribution in [2.24, 2.45) is 0 Å². The van der Waals surface area contributed by atoms with Gasteiger partial charge in [0.1, 0.15) is 0 Å². The van der Waals surface area contributed by atoms with E-state index in [4.69, 9.17) is 9.47 Å². The molecule has 1 aliphatic heterocycles. The third-order valence-electron chi connectivity index (χ3n) is 3.84. The van der Waals surface area contributed by atoms with Gasteiger partial charge in [-0.3, -0.25) is 9.29 Å². The minimum atomic E-state index is -0.338. The number of methoxy groups -OCH3 is 2. The van der Waals surface area contributed by atoms with Gasteiger partial charge in [0.15, 0.2) is 11.5 Å². The van der Waals surface area contributed by atoms with Crippen LogP contribution in [0.3, 0.4) is 0 Å². The van der Waals surface area contributed by atoms with E-state index >= 15 is 0 Å². The molecule has 1 N–H and O–H groups in total. The number of rotatable bonds is 6. The van der Waals surface area contributed by atoms with E-state index in [2.05, 4.69) is 26.1 Å². The molecule has 1 heterocycles. The van der Waals surface area contributed by atoms with E-state index in [1.807, 2.05) is 12.1 Å². The van der Waals surface area contributed by atoms with Crippen LogP contribution in [0.5, 0.6) is 11.5 Å². The first-order valence-corrected chi connectivity index (χ1v) is 7.92. The lowest BCUT2D eigenvalue weighted by Crippen LogP contribution is -2.45. The van der Waals surface area contributed by atoms with Crippen LogP contribution in [0.2, 0.25) is 0 Å². The fourth-order valence-electron chi connectivity index (χ4n) is 2.76. The van der Waals surface area contributed by atoms with Crippen molar-refractivity contribution in [3.8, 4) is 11.5 Å². The van der Waals surface area contributed by atoms with Gasteiger partial charge in [-0.05, 0) is 24.1 Å². The molecule has 0 amide bonds. The summed E-state index contributed by atoms with van der Waals surface area (Å²) < 4.78 is 24.6. The first kappa shape index (κ1) is 19.5. The van der Waals surface area contributed by atoms with Crippen molar-refractivity contribution in [2.45, 2.75) is 12.5 Å². The lowest BCUT2D eigenvalue weighted by atomic mass is 10.0. The molecule has 126 valence electrons. The number of hydrogen-bond donors (Lipinski definition) is 1. The Morgan fingerprint density at radius 2 is 1.82 bits per heavy atom. The predicted octanol–water partition coefficient (Wildman–Crippen LogP) is 3.19. The zero-order chi connectivity index (χ0) is 15.2. The lowest BCUT2D eigenvalue weighted by Gasteiger charge is -2.35. The Morgan fingerprint density at radius 1 is 1.23 bits per heavy atom. The second kappa shape index (κ2) is 9.55. The van der Waals surface area contributed by atoms with Crippen molar-refractivity contribution in [2.75, 3.05) is 47.1 Å². The summed E-state index contributed by atoms with van der Waals surface area (Å²) in [6, 6.07) is 3.89. The molecule has 1 aromatic rings. The predicted molar refractivity (Wildman–Crippen MR) is 92.3 cm³/mol. The van der Waals surface area contributed by atoms with Crippen molar-refractivity contribution >= 4 is 28.3 Å². The minimum absolute atomic E-state index is 0. The maximum Gasteiger partial charge on any atom is 0.161 e. The van der Waals surface area contributed by atoms with Crippen molar-refractivity contribution < 1.29 is 13.9 Å². The van der Waals surface area contributed by atoms with Crippen LogP contribution in [0.15, 0.2) is 16.6 Å². The van der Waals surface area contributed by atoms with Gasteiger partial charge in [0.05, 0.1) is 20.9 Å². The topological polar surface area (TPSA) is 33.7 Å². The van der Waals surface area contributed by atoms with Gasteiger partial charge >= 0.3 is 0 Å². The van der Waals surface area contributed by atoms with Gasteiger partial charge < -0.3 is 14.8 Å². The van der Waals surface area contributed by atoms with E-state index in [0.717, 1.165) is 36.2 Å². The molecular formula is C15H23BrClFN2O2. The fourth-order valence-corrected chi connectivity index (χ4v) is 3.34. The Morgan fingerprint density at radius 3 is 2.36 bits per heavy atom. The number of piperazine rings is 1. The molecule has 0 unspecified atom stereocenters. The summed E-state index contributed by atoms with van der Waals surface area (Å²) >= 11 is 3.59. The molecule has 2 rings (SSSR count). The number of alkyl halides is 1. The highest BCUT2D eigenvalue weighted by Crippen LogP contribution is 2.39. The average molecular weight is 398 g/mol. The Balaban J connectivity index is 0.00000242. The van der Waals surface area contributed by atoms with Crippen LogP contribution in [-0.2, 0) is 0 Å². The highest BCUT2D eigenvalue weighted by Gasteiger charge is 2.25. The maximum absolute atomic E-state index is 13.0. The molecule has 7 heteroatoms. The molecule has 1 aliphatic rings. The molecule has 0 aromatic heterocycles. The van der Waals surface area contributed by atoms with Crippen molar-refractivity contribution in [3.63, 3.8) is 0 Å². The fraction of sp³-hybridized carbons (Fsp3) is 0.600. The van der Waals surface area contributed by atoms with Gasteiger partial charge in [0.2, 0.25) is 0 Å². The summed E-state index contributed by atoms with van der Waals surface area (Å²) in [7, 11) is 3.23. The summed E-state index contributed by atoms with van der Waals surface area (Å²) in [5.74, 6) is 1.35. The first-order chi connectivity index (χ1) is 10.2. The van der Waals surface area contributed by atoms with Crippen LogP contribution in [0.1, 0.15) is 18.0 Å². The van der Waals surface area contributed by atoms with E-state index in [1.165, 1.54) is 0 Å². The van der Waals surface area contributed by atoms with Crippen molar-refractivity contribution in [1.29, 1.82) is 0 Å². The van der Waals surface area contributed by atoms with E-state index < -0.39 is 0 Å². The molecule has 1 saturated heterocycles. The van der Waals surface area contributed by atoms with Gasteiger partial charge in [-0.25, -0.2) is 0 Å². The number of halogens is 3. The number of benzene rings is 1. The third-order valence-corrected chi connectivity index (χ3v) is 4.52. The normalized spacial score (nSPS) is 16.7. The zero-order valence-corrected chi connectivity index (χ0v) is 15.3. The monoisotopic (exact) mass is 396 g/mol. The van der Waals surface area contributed by atoms with Gasteiger partial charge in [-0.15, -0.1) is 12.4 Å². The Kier molecular flexibility index (Phi) is 8.46. The van der Waals surface area contributed by atoms with E-state index in [1.54, 1.807) is 14.2 Å². The Labute approximate surface area is 145 Å². The Bertz CT molecular complexity index is 473. The van der Waals surface area contributed by atoms with Crippen LogP contribution in [0.4, 0.5) is 4.39 Å². The molecule has 0 spiro atoms. The quantitative estimate of drug-likeness (QED) is 0.799. The first-order valence-electron chi connectivity index (χ1n) is 7.13. The molecule has 0 saturated carbocycles. The van der Waals surface area contributed by atoms with E-state index in [-0.39, 0.29) is 25.1 Å². The molecule has 22 heavy (non-hydrogen) atoms. The van der Waals surface area contributed by atoms with Crippen LogP contribution in [-0.4, -0.2) is 52.0 Å². The van der Waals surface area contributed by atoms with Crippen molar-refractivity contribution in [1.82, 2.24) is 10.2 Å². The van der Waals surface area contributed by atoms with Crippen molar-refractivity contribution in [3.05, 3.63) is 22.2 Å². The number of ether oxygens (including phenoxy) is 2. The van der Waals surface area contributed by atoms with Crippen LogP contribution >= 0.6 is 28.3 Å². The summed E-state index contributed by atoms with van der Waals surface area (Å²) in [6.45, 7) is 3.38. The Hall–Kier alpha value is -0.560. The summed E-state index contributed by atoms with van der Waals surface area (Å²) in [5, 5.41) is 3.33. The molecule has 1 aromatic carbocycles. The van der Waals surface area contributed by atoms with Gasteiger partial charge in [-0.2, -0.15) is 0 Å².